The Balaban J connectivity index is 2.80. The van der Waals surface area contributed by atoms with Crippen LogP contribution in [0, 0.1) is 11.8 Å². The highest BCUT2D eigenvalue weighted by Gasteiger charge is 2.26. The zero-order chi connectivity index (χ0) is 22.0. The maximum atomic E-state index is 12.7. The average Bonchev–Trinajstić information content (AvgIpc) is 2.68. The van der Waals surface area contributed by atoms with E-state index in [9.17, 15) is 19.2 Å². The minimum Gasteiger partial charge on any atom is -0.465 e. The molecule has 0 heterocycles. The molecule has 0 spiro atoms. The van der Waals surface area contributed by atoms with Gasteiger partial charge in [0.15, 0.2) is 5.78 Å². The number of hydrogen-bond acceptors (Lipinski definition) is 6. The number of hydrogen-bond donors (Lipinski definition) is 4. The third kappa shape index (κ3) is 8.30. The van der Waals surface area contributed by atoms with E-state index < -0.39 is 24.0 Å². The van der Waals surface area contributed by atoms with E-state index in [2.05, 4.69) is 15.4 Å². The lowest BCUT2D eigenvalue weighted by Gasteiger charge is -2.20. The quantitative estimate of drug-likeness (QED) is 0.322. The van der Waals surface area contributed by atoms with Crippen molar-refractivity contribution in [2.45, 2.75) is 39.2 Å². The van der Waals surface area contributed by atoms with E-state index in [1.165, 1.54) is 19.2 Å². The van der Waals surface area contributed by atoms with Gasteiger partial charge in [0.25, 0.3) is 0 Å². The number of urea groups is 1. The lowest BCUT2D eigenvalue weighted by molar-refractivity contribution is -0.127. The molecule has 0 aliphatic carbocycles. The molecule has 0 saturated carbocycles. The molecule has 0 unspecified atom stereocenters. The van der Waals surface area contributed by atoms with E-state index in [1.807, 2.05) is 13.8 Å². The highest BCUT2D eigenvalue weighted by molar-refractivity contribution is 5.97. The number of ketones is 1. The molecule has 0 bridgehead atoms. The molecule has 0 saturated heterocycles. The van der Waals surface area contributed by atoms with Crippen LogP contribution < -0.4 is 22.1 Å². The Morgan fingerprint density at radius 3 is 2.24 bits per heavy atom. The molecule has 9 nitrogen and oxygen atoms in total. The first-order chi connectivity index (χ1) is 13.6. The van der Waals surface area contributed by atoms with Gasteiger partial charge in [-0.25, -0.2) is 9.59 Å². The number of ether oxygens (including phenoxy) is 1. The van der Waals surface area contributed by atoms with Gasteiger partial charge < -0.3 is 26.8 Å². The molecule has 160 valence electrons. The van der Waals surface area contributed by atoms with Gasteiger partial charge >= 0.3 is 12.0 Å². The van der Waals surface area contributed by atoms with E-state index >= 15 is 0 Å². The van der Waals surface area contributed by atoms with Crippen LogP contribution in [0.2, 0.25) is 0 Å². The fourth-order valence-corrected chi connectivity index (χ4v) is 2.69. The molecule has 0 aliphatic heterocycles. The number of carbonyl (C=O) groups excluding carboxylic acids is 4. The Hall–Kier alpha value is -2.94. The molecule has 1 aromatic rings. The molecule has 0 aromatic heterocycles. The third-order valence-electron chi connectivity index (χ3n) is 4.51. The molecule has 6 N–H and O–H groups in total. The van der Waals surface area contributed by atoms with Crippen LogP contribution in [-0.4, -0.2) is 43.4 Å². The summed E-state index contributed by atoms with van der Waals surface area (Å²) in [4.78, 5) is 47.4. The summed E-state index contributed by atoms with van der Waals surface area (Å²) in [6.07, 6.45) is 0.859. The summed E-state index contributed by atoms with van der Waals surface area (Å²) in [6, 6.07) is 4.94. The standard InChI is InChI=1S/C20H30N4O5/c1-12(2)17(21)16(25)11-14(5-4-10-23-20(22)28)18(26)24-15-8-6-13(7-9-15)19(27)29-3/h6-9,12,14,17H,4-5,10-11,21H2,1-3H3,(H,24,26)(H3,22,23,28)/t14-,17+/m1/s1. The van der Waals surface area contributed by atoms with Crippen molar-refractivity contribution in [3.8, 4) is 0 Å². The fourth-order valence-electron chi connectivity index (χ4n) is 2.69. The summed E-state index contributed by atoms with van der Waals surface area (Å²) in [5, 5.41) is 5.21. The molecule has 0 radical (unpaired) electrons. The minimum atomic E-state index is -0.645. The van der Waals surface area contributed by atoms with Crippen molar-refractivity contribution in [2.24, 2.45) is 23.3 Å². The second-order valence-electron chi connectivity index (χ2n) is 7.13. The number of primary amides is 1. The van der Waals surface area contributed by atoms with E-state index in [1.54, 1.807) is 12.1 Å². The van der Waals surface area contributed by atoms with E-state index in [4.69, 9.17) is 11.5 Å². The largest absolute Gasteiger partial charge is 0.465 e. The molecule has 1 rings (SSSR count). The topological polar surface area (TPSA) is 154 Å². The lowest BCUT2D eigenvalue weighted by atomic mass is 9.90. The fraction of sp³-hybridized carbons (Fsp3) is 0.500. The first kappa shape index (κ1) is 24.1. The van der Waals surface area contributed by atoms with Gasteiger partial charge in [0.1, 0.15) is 0 Å². The van der Waals surface area contributed by atoms with E-state index in [-0.39, 0.29) is 24.0 Å². The normalized spacial score (nSPS) is 12.7. The van der Waals surface area contributed by atoms with Gasteiger partial charge in [0, 0.05) is 24.6 Å². The average molecular weight is 406 g/mol. The van der Waals surface area contributed by atoms with Crippen molar-refractivity contribution in [3.63, 3.8) is 0 Å². The van der Waals surface area contributed by atoms with Gasteiger partial charge in [-0.15, -0.1) is 0 Å². The molecule has 0 fully saturated rings. The maximum absolute atomic E-state index is 12.7. The van der Waals surface area contributed by atoms with Crippen molar-refractivity contribution in [1.82, 2.24) is 5.32 Å². The number of nitrogens with two attached hydrogens (primary N) is 2. The van der Waals surface area contributed by atoms with Crippen LogP contribution in [0.5, 0.6) is 0 Å². The molecule has 3 amide bonds. The molecule has 1 aromatic carbocycles. The Labute approximate surface area is 170 Å². The number of nitrogens with one attached hydrogen (secondary N) is 2. The third-order valence-corrected chi connectivity index (χ3v) is 4.51. The molecule has 0 aliphatic rings. The second-order valence-corrected chi connectivity index (χ2v) is 7.13. The molecule has 2 atom stereocenters. The van der Waals surface area contributed by atoms with Gasteiger partial charge in [0.05, 0.1) is 18.7 Å². The SMILES string of the molecule is COC(=O)c1ccc(NC(=O)[C@H](CCCNC(N)=O)CC(=O)[C@@H](N)C(C)C)cc1. The van der Waals surface area contributed by atoms with Crippen LogP contribution >= 0.6 is 0 Å². The van der Waals surface area contributed by atoms with Gasteiger partial charge in [-0.1, -0.05) is 13.8 Å². The number of benzene rings is 1. The maximum Gasteiger partial charge on any atom is 0.337 e. The molecule has 9 heteroatoms. The number of Topliss-reactive ketones (excluding diaryl/α,β-unsaturated/α-hetero) is 1. The zero-order valence-corrected chi connectivity index (χ0v) is 17.1. The summed E-state index contributed by atoms with van der Waals surface area (Å²) in [5.41, 5.74) is 11.8. The van der Waals surface area contributed by atoms with Crippen LogP contribution in [-0.2, 0) is 14.3 Å². The van der Waals surface area contributed by atoms with Crippen LogP contribution in [0.15, 0.2) is 24.3 Å². The van der Waals surface area contributed by atoms with E-state index in [0.29, 0.717) is 30.6 Å². The van der Waals surface area contributed by atoms with Gasteiger partial charge in [-0.2, -0.15) is 0 Å². The van der Waals surface area contributed by atoms with Crippen molar-refractivity contribution >= 4 is 29.4 Å². The van der Waals surface area contributed by atoms with Gasteiger partial charge in [0.2, 0.25) is 5.91 Å². The van der Waals surface area contributed by atoms with Crippen LogP contribution in [0.1, 0.15) is 43.5 Å². The number of esters is 1. The first-order valence-corrected chi connectivity index (χ1v) is 9.46. The van der Waals surface area contributed by atoms with Crippen LogP contribution in [0.25, 0.3) is 0 Å². The summed E-state index contributed by atoms with van der Waals surface area (Å²) < 4.78 is 4.64. The summed E-state index contributed by atoms with van der Waals surface area (Å²) in [6.45, 7) is 3.99. The summed E-state index contributed by atoms with van der Waals surface area (Å²) in [5.74, 6) is -1.64. The minimum absolute atomic E-state index is 0.00198. The summed E-state index contributed by atoms with van der Waals surface area (Å²) in [7, 11) is 1.29. The number of carbonyl (C=O) groups is 4. The van der Waals surface area contributed by atoms with Crippen LogP contribution in [0.3, 0.4) is 0 Å². The Morgan fingerprint density at radius 1 is 1.10 bits per heavy atom. The van der Waals surface area contributed by atoms with Crippen molar-refractivity contribution in [3.05, 3.63) is 29.8 Å². The van der Waals surface area contributed by atoms with Crippen molar-refractivity contribution in [1.29, 1.82) is 0 Å². The number of amides is 3. The molecular weight excluding hydrogens is 376 g/mol. The molecule has 29 heavy (non-hydrogen) atoms. The van der Waals surface area contributed by atoms with E-state index in [0.717, 1.165) is 0 Å². The van der Waals surface area contributed by atoms with Crippen molar-refractivity contribution < 1.29 is 23.9 Å². The predicted octanol–water partition coefficient (Wildman–Crippen LogP) is 1.42. The molecular formula is C20H30N4O5. The highest BCUT2D eigenvalue weighted by atomic mass is 16.5. The van der Waals surface area contributed by atoms with Crippen LogP contribution in [0.4, 0.5) is 10.5 Å². The second kappa shape index (κ2) is 11.8. The first-order valence-electron chi connectivity index (χ1n) is 9.46. The Kier molecular flexibility index (Phi) is 9.81. The van der Waals surface area contributed by atoms with Gasteiger partial charge in [-0.3, -0.25) is 9.59 Å². The Bertz CT molecular complexity index is 718. The Morgan fingerprint density at radius 2 is 1.72 bits per heavy atom. The number of anilines is 1. The predicted molar refractivity (Wildman–Crippen MR) is 109 cm³/mol. The van der Waals surface area contributed by atoms with Gasteiger partial charge in [-0.05, 0) is 43.0 Å². The lowest BCUT2D eigenvalue weighted by Crippen LogP contribution is -2.38. The zero-order valence-electron chi connectivity index (χ0n) is 17.1. The highest BCUT2D eigenvalue weighted by Crippen LogP contribution is 2.18. The number of rotatable bonds is 11. The smallest absolute Gasteiger partial charge is 0.337 e. The number of methoxy groups -OCH3 is 1. The summed E-state index contributed by atoms with van der Waals surface area (Å²) >= 11 is 0. The monoisotopic (exact) mass is 406 g/mol. The van der Waals surface area contributed by atoms with Crippen molar-refractivity contribution in [2.75, 3.05) is 19.0 Å².